The van der Waals surface area contributed by atoms with E-state index in [2.05, 4.69) is 13.8 Å². The molecule has 5 nitrogen and oxygen atoms in total. The number of hydrogen-bond donors (Lipinski definition) is 0. The fourth-order valence-corrected chi connectivity index (χ4v) is 7.22. The minimum Gasteiger partial charge on any atom is -0.355 e. The lowest BCUT2D eigenvalue weighted by molar-refractivity contribution is 0.600. The summed E-state index contributed by atoms with van der Waals surface area (Å²) in [5.41, 5.74) is 1.17. The van der Waals surface area contributed by atoms with Gasteiger partial charge in [0.05, 0.1) is 22.6 Å². The molecule has 1 saturated heterocycles. The summed E-state index contributed by atoms with van der Waals surface area (Å²) in [4.78, 5) is 15.0. The van der Waals surface area contributed by atoms with Crippen molar-refractivity contribution in [2.24, 2.45) is 0 Å². The molecule has 0 aliphatic carbocycles. The SMILES string of the molecule is Cc1sc2nc(CSc3ccc(Cl)cc3)nc(N(C)[C@H]3CCS(=O)(=O)C3)c2c1C. The minimum atomic E-state index is -2.96. The first kappa shape index (κ1) is 20.9. The van der Waals surface area contributed by atoms with Crippen molar-refractivity contribution in [1.29, 1.82) is 0 Å². The Morgan fingerprint density at radius 2 is 1.97 bits per heavy atom. The predicted octanol–water partition coefficient (Wildman–Crippen LogP) is 4.88. The summed E-state index contributed by atoms with van der Waals surface area (Å²) in [6.45, 7) is 4.18. The molecule has 9 heteroatoms. The third-order valence-electron chi connectivity index (χ3n) is 5.33. The van der Waals surface area contributed by atoms with E-state index in [0.29, 0.717) is 17.2 Å². The zero-order chi connectivity index (χ0) is 20.8. The molecule has 2 aromatic heterocycles. The van der Waals surface area contributed by atoms with E-state index in [9.17, 15) is 8.42 Å². The first-order valence-corrected chi connectivity index (χ1v) is 13.3. The monoisotopic (exact) mass is 467 g/mol. The van der Waals surface area contributed by atoms with Crippen LogP contribution in [0.5, 0.6) is 0 Å². The van der Waals surface area contributed by atoms with E-state index in [0.717, 1.165) is 26.8 Å². The summed E-state index contributed by atoms with van der Waals surface area (Å²) >= 11 is 9.30. The summed E-state index contributed by atoms with van der Waals surface area (Å²) in [6, 6.07) is 7.68. The lowest BCUT2D eigenvalue weighted by Gasteiger charge is -2.25. The second-order valence-electron chi connectivity index (χ2n) is 7.34. The molecule has 1 atom stereocenters. The summed E-state index contributed by atoms with van der Waals surface area (Å²) < 4.78 is 24.0. The van der Waals surface area contributed by atoms with Gasteiger partial charge in [-0.15, -0.1) is 23.1 Å². The summed E-state index contributed by atoms with van der Waals surface area (Å²) in [5.74, 6) is 2.66. The average molecular weight is 468 g/mol. The number of benzene rings is 1. The van der Waals surface area contributed by atoms with Crippen LogP contribution in [0.3, 0.4) is 0 Å². The fourth-order valence-electron chi connectivity index (χ4n) is 3.52. The van der Waals surface area contributed by atoms with Gasteiger partial charge in [-0.2, -0.15) is 0 Å². The minimum absolute atomic E-state index is 0.0468. The Morgan fingerprint density at radius 3 is 2.62 bits per heavy atom. The van der Waals surface area contributed by atoms with Crippen molar-refractivity contribution < 1.29 is 8.42 Å². The third kappa shape index (κ3) is 4.40. The molecule has 0 radical (unpaired) electrons. The van der Waals surface area contributed by atoms with Crippen LogP contribution in [0.4, 0.5) is 5.82 Å². The average Bonchev–Trinajstić information content (AvgIpc) is 3.19. The van der Waals surface area contributed by atoms with Gasteiger partial charge in [0.1, 0.15) is 16.5 Å². The number of aryl methyl sites for hydroxylation is 2. The zero-order valence-electron chi connectivity index (χ0n) is 16.5. The van der Waals surface area contributed by atoms with Crippen LogP contribution in [0.1, 0.15) is 22.7 Å². The molecule has 3 aromatic rings. The van der Waals surface area contributed by atoms with E-state index in [1.165, 1.54) is 10.4 Å². The largest absolute Gasteiger partial charge is 0.355 e. The number of anilines is 1. The Labute approximate surface area is 184 Å². The molecule has 1 aliphatic rings. The second kappa shape index (κ2) is 8.06. The van der Waals surface area contributed by atoms with Crippen molar-refractivity contribution in [3.05, 3.63) is 45.6 Å². The maximum absolute atomic E-state index is 12.0. The molecule has 154 valence electrons. The standard InChI is InChI=1S/C20H22ClN3O2S3/c1-12-13(2)28-20-18(12)19(24(3)15-8-9-29(25,26)11-15)22-17(23-20)10-27-16-6-4-14(21)5-7-16/h4-7,15H,8-11H2,1-3H3/t15-/m0/s1. The van der Waals surface area contributed by atoms with Gasteiger partial charge >= 0.3 is 0 Å². The van der Waals surface area contributed by atoms with Crippen LogP contribution in [0.2, 0.25) is 5.02 Å². The van der Waals surface area contributed by atoms with E-state index in [1.54, 1.807) is 23.1 Å². The predicted molar refractivity (Wildman–Crippen MR) is 123 cm³/mol. The number of aromatic nitrogens is 2. The van der Waals surface area contributed by atoms with Gasteiger partial charge in [-0.3, -0.25) is 0 Å². The van der Waals surface area contributed by atoms with Crippen LogP contribution in [0.15, 0.2) is 29.2 Å². The van der Waals surface area contributed by atoms with Crippen LogP contribution in [-0.2, 0) is 15.6 Å². The third-order valence-corrected chi connectivity index (χ3v) is 9.44. The Balaban J connectivity index is 1.68. The lowest BCUT2D eigenvalue weighted by Crippen LogP contribution is -2.33. The van der Waals surface area contributed by atoms with Gasteiger partial charge in [0.25, 0.3) is 0 Å². The number of fused-ring (bicyclic) bond motifs is 1. The van der Waals surface area contributed by atoms with Gasteiger partial charge in [-0.05, 0) is 50.1 Å². The quantitative estimate of drug-likeness (QED) is 0.498. The number of halogens is 1. The zero-order valence-corrected chi connectivity index (χ0v) is 19.7. The number of rotatable bonds is 5. The summed E-state index contributed by atoms with van der Waals surface area (Å²) in [5, 5.41) is 1.76. The Bertz CT molecular complexity index is 1160. The molecule has 29 heavy (non-hydrogen) atoms. The van der Waals surface area contributed by atoms with Gasteiger partial charge in [0.2, 0.25) is 0 Å². The maximum atomic E-state index is 12.0. The highest BCUT2D eigenvalue weighted by Crippen LogP contribution is 2.37. The molecule has 0 saturated carbocycles. The molecule has 1 fully saturated rings. The Morgan fingerprint density at radius 1 is 1.24 bits per heavy atom. The molecule has 0 unspecified atom stereocenters. The number of thioether (sulfide) groups is 1. The van der Waals surface area contributed by atoms with E-state index in [4.69, 9.17) is 21.6 Å². The molecule has 4 rings (SSSR count). The highest BCUT2D eigenvalue weighted by atomic mass is 35.5. The number of hydrogen-bond acceptors (Lipinski definition) is 7. The molecule has 0 spiro atoms. The fraction of sp³-hybridized carbons (Fsp3) is 0.400. The Kier molecular flexibility index (Phi) is 5.81. The van der Waals surface area contributed by atoms with Crippen molar-refractivity contribution in [1.82, 2.24) is 9.97 Å². The molecule has 1 aromatic carbocycles. The van der Waals surface area contributed by atoms with Crippen LogP contribution in [-0.4, -0.2) is 43.0 Å². The Hall–Kier alpha value is -1.35. The smallest absolute Gasteiger partial charge is 0.152 e. The normalized spacial score (nSPS) is 18.4. The molecule has 3 heterocycles. The van der Waals surface area contributed by atoms with Gasteiger partial charge in [0, 0.05) is 27.9 Å². The maximum Gasteiger partial charge on any atom is 0.152 e. The molecule has 0 N–H and O–H groups in total. The molecule has 0 bridgehead atoms. The first-order chi connectivity index (χ1) is 13.7. The summed E-state index contributed by atoms with van der Waals surface area (Å²) in [6.07, 6.45) is 0.640. The van der Waals surface area contributed by atoms with E-state index in [1.807, 2.05) is 36.2 Å². The van der Waals surface area contributed by atoms with Crippen molar-refractivity contribution in [2.75, 3.05) is 23.5 Å². The van der Waals surface area contributed by atoms with Gasteiger partial charge in [0.15, 0.2) is 9.84 Å². The lowest BCUT2D eigenvalue weighted by atomic mass is 10.1. The number of thiophene rings is 1. The first-order valence-electron chi connectivity index (χ1n) is 9.32. The number of sulfone groups is 1. The van der Waals surface area contributed by atoms with E-state index >= 15 is 0 Å². The summed E-state index contributed by atoms with van der Waals surface area (Å²) in [7, 11) is -1.01. The van der Waals surface area contributed by atoms with Gasteiger partial charge < -0.3 is 4.90 Å². The van der Waals surface area contributed by atoms with Crippen LogP contribution in [0.25, 0.3) is 10.2 Å². The van der Waals surface area contributed by atoms with Crippen molar-refractivity contribution in [2.45, 2.75) is 37.0 Å². The highest BCUT2D eigenvalue weighted by molar-refractivity contribution is 7.98. The number of nitrogens with zero attached hydrogens (tertiary/aromatic N) is 3. The highest BCUT2D eigenvalue weighted by Gasteiger charge is 2.32. The molecular formula is C20H22ClN3O2S3. The second-order valence-corrected chi connectivity index (χ2v) is 12.3. The van der Waals surface area contributed by atoms with Gasteiger partial charge in [-0.25, -0.2) is 18.4 Å². The van der Waals surface area contributed by atoms with Crippen LogP contribution in [0, 0.1) is 13.8 Å². The van der Waals surface area contributed by atoms with Crippen molar-refractivity contribution in [3.8, 4) is 0 Å². The van der Waals surface area contributed by atoms with E-state index < -0.39 is 9.84 Å². The molecular weight excluding hydrogens is 446 g/mol. The van der Waals surface area contributed by atoms with Crippen LogP contribution >= 0.6 is 34.7 Å². The van der Waals surface area contributed by atoms with Crippen molar-refractivity contribution in [3.63, 3.8) is 0 Å². The molecule has 1 aliphatic heterocycles. The topological polar surface area (TPSA) is 63.2 Å². The van der Waals surface area contributed by atoms with Gasteiger partial charge in [-0.1, -0.05) is 11.6 Å². The van der Waals surface area contributed by atoms with E-state index in [-0.39, 0.29) is 17.5 Å². The van der Waals surface area contributed by atoms with Crippen molar-refractivity contribution >= 4 is 60.6 Å². The van der Waals surface area contributed by atoms with Crippen LogP contribution < -0.4 is 4.90 Å². The molecule has 0 amide bonds.